The average Bonchev–Trinajstić information content (AvgIpc) is 3.13. The van der Waals surface area contributed by atoms with E-state index in [1.54, 1.807) is 24.5 Å². The summed E-state index contributed by atoms with van der Waals surface area (Å²) in [5.74, 6) is -0.265. The van der Waals surface area contributed by atoms with E-state index in [1.807, 2.05) is 12.1 Å². The molecule has 2 heterocycles. The highest BCUT2D eigenvalue weighted by molar-refractivity contribution is 6.39. The van der Waals surface area contributed by atoms with Crippen LogP contribution in [0.1, 0.15) is 23.7 Å². The lowest BCUT2D eigenvalue weighted by Gasteiger charge is -2.08. The Bertz CT molecular complexity index is 790. The van der Waals surface area contributed by atoms with Gasteiger partial charge in [-0.25, -0.2) is 0 Å². The van der Waals surface area contributed by atoms with Crippen molar-refractivity contribution in [2.24, 2.45) is 5.16 Å². The minimum absolute atomic E-state index is 0.0109. The fraction of sp³-hybridized carbons (Fsp3) is 0.235. The summed E-state index contributed by atoms with van der Waals surface area (Å²) < 4.78 is 0. The summed E-state index contributed by atoms with van der Waals surface area (Å²) in [5, 5.41) is 17.3. The van der Waals surface area contributed by atoms with Crippen LogP contribution in [0.3, 0.4) is 0 Å². The predicted molar refractivity (Wildman–Crippen MR) is 89.9 cm³/mol. The van der Waals surface area contributed by atoms with Gasteiger partial charge in [-0.3, -0.25) is 19.9 Å². The Hall–Kier alpha value is -3.29. The van der Waals surface area contributed by atoms with E-state index >= 15 is 0 Å². The number of hydrogen-bond donors (Lipinski definition) is 1. The van der Waals surface area contributed by atoms with E-state index in [1.165, 1.54) is 12.1 Å². The first-order valence-electron chi connectivity index (χ1n) is 7.77. The second-order valence-electron chi connectivity index (χ2n) is 5.55. The van der Waals surface area contributed by atoms with Crippen molar-refractivity contribution in [3.05, 3.63) is 70.0 Å². The number of non-ortho nitro benzene ring substituents is 1. The Balaban J connectivity index is 1.49. The molecule has 0 saturated carbocycles. The molecule has 128 valence electrons. The molecule has 0 bridgehead atoms. The third-order valence-corrected chi connectivity index (χ3v) is 3.86. The maximum atomic E-state index is 12.1. The number of pyridine rings is 1. The van der Waals surface area contributed by atoms with Gasteiger partial charge in [-0.2, -0.15) is 0 Å². The SMILES string of the molecule is O=C(NCCc1ccncc1)C1=NOC(c2ccc([N+](=O)[O-])cc2)C1. The number of nitro benzene ring substituents is 1. The predicted octanol–water partition coefficient (Wildman–Crippen LogP) is 2.17. The number of nitrogens with one attached hydrogen (secondary N) is 1. The molecule has 1 aliphatic rings. The van der Waals surface area contributed by atoms with Gasteiger partial charge in [0.25, 0.3) is 11.6 Å². The van der Waals surface area contributed by atoms with Crippen LogP contribution in [0.4, 0.5) is 5.69 Å². The fourth-order valence-electron chi connectivity index (χ4n) is 2.47. The van der Waals surface area contributed by atoms with Gasteiger partial charge in [-0.05, 0) is 41.8 Å². The van der Waals surface area contributed by atoms with Crippen LogP contribution >= 0.6 is 0 Å². The maximum absolute atomic E-state index is 12.1. The zero-order chi connectivity index (χ0) is 17.6. The first kappa shape index (κ1) is 16.6. The number of nitro groups is 1. The van der Waals surface area contributed by atoms with E-state index in [-0.39, 0.29) is 11.6 Å². The van der Waals surface area contributed by atoms with E-state index in [0.29, 0.717) is 25.1 Å². The normalized spacial score (nSPS) is 16.0. The van der Waals surface area contributed by atoms with Crippen molar-refractivity contribution in [3.8, 4) is 0 Å². The van der Waals surface area contributed by atoms with Crippen LogP contribution in [-0.4, -0.2) is 28.1 Å². The molecule has 0 radical (unpaired) electrons. The number of hydrogen-bond acceptors (Lipinski definition) is 6. The molecule has 0 aliphatic carbocycles. The molecule has 1 aromatic heterocycles. The van der Waals surface area contributed by atoms with Gasteiger partial charge >= 0.3 is 0 Å². The number of carbonyl (C=O) groups is 1. The zero-order valence-electron chi connectivity index (χ0n) is 13.3. The summed E-state index contributed by atoms with van der Waals surface area (Å²) in [7, 11) is 0. The Kier molecular flexibility index (Phi) is 4.98. The standard InChI is InChI=1S/C17H16N4O4/c22-17(19-10-7-12-5-8-18-9-6-12)15-11-16(25-20-15)13-1-3-14(4-2-13)21(23)24/h1-6,8-9,16H,7,10-11H2,(H,19,22). The minimum atomic E-state index is -0.461. The molecular weight excluding hydrogens is 324 g/mol. The van der Waals surface area contributed by atoms with Crippen molar-refractivity contribution in [2.45, 2.75) is 18.9 Å². The molecule has 1 aromatic carbocycles. The van der Waals surface area contributed by atoms with Gasteiger partial charge < -0.3 is 10.2 Å². The first-order valence-corrected chi connectivity index (χ1v) is 7.77. The van der Waals surface area contributed by atoms with Crippen LogP contribution in [0.25, 0.3) is 0 Å². The lowest BCUT2D eigenvalue weighted by molar-refractivity contribution is -0.384. The summed E-state index contributed by atoms with van der Waals surface area (Å²) >= 11 is 0. The lowest BCUT2D eigenvalue weighted by Crippen LogP contribution is -2.32. The molecule has 0 saturated heterocycles. The molecule has 8 nitrogen and oxygen atoms in total. The second-order valence-corrected chi connectivity index (χ2v) is 5.55. The minimum Gasteiger partial charge on any atom is -0.387 e. The quantitative estimate of drug-likeness (QED) is 0.640. The highest BCUT2D eigenvalue weighted by atomic mass is 16.6. The van der Waals surface area contributed by atoms with Gasteiger partial charge in [-0.1, -0.05) is 5.16 Å². The zero-order valence-corrected chi connectivity index (χ0v) is 13.3. The van der Waals surface area contributed by atoms with Crippen molar-refractivity contribution in [1.82, 2.24) is 10.3 Å². The molecule has 3 rings (SSSR count). The number of aromatic nitrogens is 1. The fourth-order valence-corrected chi connectivity index (χ4v) is 2.47. The molecule has 1 aliphatic heterocycles. The molecule has 0 fully saturated rings. The highest BCUT2D eigenvalue weighted by Crippen LogP contribution is 2.28. The average molecular weight is 340 g/mol. The molecule has 0 spiro atoms. The number of amides is 1. The number of oxime groups is 1. The van der Waals surface area contributed by atoms with Crippen molar-refractivity contribution >= 4 is 17.3 Å². The van der Waals surface area contributed by atoms with Crippen LogP contribution in [0.2, 0.25) is 0 Å². The van der Waals surface area contributed by atoms with Crippen LogP contribution in [0, 0.1) is 10.1 Å². The molecule has 2 aromatic rings. The molecule has 1 N–H and O–H groups in total. The summed E-state index contributed by atoms with van der Waals surface area (Å²) in [6.07, 6.45) is 4.05. The van der Waals surface area contributed by atoms with E-state index in [2.05, 4.69) is 15.5 Å². The molecule has 1 atom stereocenters. The maximum Gasteiger partial charge on any atom is 0.269 e. The Morgan fingerprint density at radius 2 is 1.96 bits per heavy atom. The third kappa shape index (κ3) is 4.17. The molecular formula is C17H16N4O4. The van der Waals surface area contributed by atoms with Crippen molar-refractivity contribution in [2.75, 3.05) is 6.54 Å². The first-order chi connectivity index (χ1) is 12.1. The van der Waals surface area contributed by atoms with Crippen molar-refractivity contribution in [3.63, 3.8) is 0 Å². The van der Waals surface area contributed by atoms with Crippen LogP contribution in [0.5, 0.6) is 0 Å². The van der Waals surface area contributed by atoms with Gasteiger partial charge in [0.15, 0.2) is 6.10 Å². The summed E-state index contributed by atoms with van der Waals surface area (Å²) in [6, 6.07) is 9.84. The molecule has 8 heteroatoms. The van der Waals surface area contributed by atoms with Gasteiger partial charge in [0.05, 0.1) is 4.92 Å². The third-order valence-electron chi connectivity index (χ3n) is 3.86. The summed E-state index contributed by atoms with van der Waals surface area (Å²) in [4.78, 5) is 31.6. The van der Waals surface area contributed by atoms with Crippen LogP contribution in [-0.2, 0) is 16.1 Å². The van der Waals surface area contributed by atoms with E-state index in [0.717, 1.165) is 11.1 Å². The smallest absolute Gasteiger partial charge is 0.269 e. The largest absolute Gasteiger partial charge is 0.387 e. The summed E-state index contributed by atoms with van der Waals surface area (Å²) in [5.41, 5.74) is 2.16. The van der Waals surface area contributed by atoms with Gasteiger partial charge in [0, 0.05) is 37.5 Å². The van der Waals surface area contributed by atoms with E-state index in [9.17, 15) is 14.9 Å². The van der Waals surface area contributed by atoms with Gasteiger partial charge in [-0.15, -0.1) is 0 Å². The second kappa shape index (κ2) is 7.52. The Morgan fingerprint density at radius 3 is 2.64 bits per heavy atom. The van der Waals surface area contributed by atoms with E-state index in [4.69, 9.17) is 4.84 Å². The van der Waals surface area contributed by atoms with Gasteiger partial charge in [0.1, 0.15) is 5.71 Å². The lowest BCUT2D eigenvalue weighted by atomic mass is 10.0. The highest BCUT2D eigenvalue weighted by Gasteiger charge is 2.27. The van der Waals surface area contributed by atoms with Gasteiger partial charge in [0.2, 0.25) is 0 Å². The topological polar surface area (TPSA) is 107 Å². The summed E-state index contributed by atoms with van der Waals surface area (Å²) in [6.45, 7) is 0.490. The van der Waals surface area contributed by atoms with Crippen molar-refractivity contribution < 1.29 is 14.6 Å². The number of rotatable bonds is 6. The number of nitrogens with zero attached hydrogens (tertiary/aromatic N) is 3. The monoisotopic (exact) mass is 340 g/mol. The van der Waals surface area contributed by atoms with E-state index < -0.39 is 11.0 Å². The van der Waals surface area contributed by atoms with Crippen LogP contribution < -0.4 is 5.32 Å². The molecule has 1 unspecified atom stereocenters. The number of carbonyl (C=O) groups excluding carboxylic acids is 1. The Morgan fingerprint density at radius 1 is 1.24 bits per heavy atom. The van der Waals surface area contributed by atoms with Crippen LogP contribution in [0.15, 0.2) is 53.9 Å². The number of benzene rings is 1. The Labute approximate surface area is 143 Å². The molecule has 1 amide bonds. The molecule has 25 heavy (non-hydrogen) atoms. The van der Waals surface area contributed by atoms with Crippen molar-refractivity contribution in [1.29, 1.82) is 0 Å².